The van der Waals surface area contributed by atoms with Crippen LogP contribution in [-0.2, 0) is 16.1 Å². The molecule has 0 spiro atoms. The molecule has 2 N–H and O–H groups in total. The molecule has 1 aliphatic heterocycles. The van der Waals surface area contributed by atoms with Crippen molar-refractivity contribution in [3.8, 4) is 0 Å². The van der Waals surface area contributed by atoms with Crippen LogP contribution in [0.5, 0.6) is 0 Å². The predicted octanol–water partition coefficient (Wildman–Crippen LogP) is 2.08. The van der Waals surface area contributed by atoms with Gasteiger partial charge >= 0.3 is 0 Å². The van der Waals surface area contributed by atoms with E-state index in [1.54, 1.807) is 0 Å². The van der Waals surface area contributed by atoms with Gasteiger partial charge in [0.05, 0.1) is 19.1 Å². The molecule has 1 aromatic carbocycles. The van der Waals surface area contributed by atoms with E-state index < -0.39 is 0 Å². The summed E-state index contributed by atoms with van der Waals surface area (Å²) in [7, 11) is 0. The highest BCUT2D eigenvalue weighted by Crippen LogP contribution is 2.15. The first-order valence-electron chi connectivity index (χ1n) is 7.04. The number of amides is 1. The van der Waals surface area contributed by atoms with Gasteiger partial charge in [-0.3, -0.25) is 4.79 Å². The quantitative estimate of drug-likeness (QED) is 0.833. The molecule has 5 heteroatoms. The van der Waals surface area contributed by atoms with Gasteiger partial charge in [-0.1, -0.05) is 35.0 Å². The number of carbonyl (C=O) groups is 1. The van der Waals surface area contributed by atoms with Crippen LogP contribution in [0, 0.1) is 5.92 Å². The normalized spacial score (nSPS) is 21.9. The molecule has 20 heavy (non-hydrogen) atoms. The van der Waals surface area contributed by atoms with E-state index in [1.165, 1.54) is 0 Å². The van der Waals surface area contributed by atoms with Gasteiger partial charge in [0.2, 0.25) is 5.91 Å². The minimum Gasteiger partial charge on any atom is -0.379 e. The maximum Gasteiger partial charge on any atom is 0.227 e. The van der Waals surface area contributed by atoms with Crippen LogP contribution in [0.1, 0.15) is 18.9 Å². The van der Waals surface area contributed by atoms with Crippen LogP contribution in [0.25, 0.3) is 0 Å². The molecule has 2 rings (SSSR count). The smallest absolute Gasteiger partial charge is 0.227 e. The number of hydrogen-bond donors (Lipinski definition) is 2. The third-order valence-electron chi connectivity index (χ3n) is 3.43. The van der Waals surface area contributed by atoms with Crippen molar-refractivity contribution in [2.45, 2.75) is 25.9 Å². The lowest BCUT2D eigenvalue weighted by atomic mass is 10.0. The summed E-state index contributed by atoms with van der Waals surface area (Å²) in [5.74, 6) is -0.0234. The minimum absolute atomic E-state index is 0.0658. The Bertz CT molecular complexity index is 453. The fourth-order valence-corrected chi connectivity index (χ4v) is 2.76. The number of benzene rings is 1. The van der Waals surface area contributed by atoms with Gasteiger partial charge in [-0.2, -0.15) is 0 Å². The molecule has 0 saturated carbocycles. The summed E-state index contributed by atoms with van der Waals surface area (Å²) in [4.78, 5) is 12.2. The van der Waals surface area contributed by atoms with Crippen LogP contribution in [0.3, 0.4) is 0 Å². The van der Waals surface area contributed by atoms with E-state index in [9.17, 15) is 4.79 Å². The van der Waals surface area contributed by atoms with E-state index in [4.69, 9.17) is 4.74 Å². The molecule has 1 aromatic rings. The van der Waals surface area contributed by atoms with Crippen LogP contribution >= 0.6 is 15.9 Å². The van der Waals surface area contributed by atoms with Crippen molar-refractivity contribution in [2.75, 3.05) is 19.8 Å². The van der Waals surface area contributed by atoms with Crippen molar-refractivity contribution in [2.24, 2.45) is 5.92 Å². The topological polar surface area (TPSA) is 50.4 Å². The molecular formula is C15H21BrN2O2. The van der Waals surface area contributed by atoms with E-state index >= 15 is 0 Å². The van der Waals surface area contributed by atoms with Gasteiger partial charge in [0.25, 0.3) is 0 Å². The van der Waals surface area contributed by atoms with Crippen molar-refractivity contribution >= 4 is 21.8 Å². The van der Waals surface area contributed by atoms with Gasteiger partial charge in [0.15, 0.2) is 0 Å². The third kappa shape index (κ3) is 4.30. The molecule has 110 valence electrons. The van der Waals surface area contributed by atoms with E-state index in [0.717, 1.165) is 23.0 Å². The lowest BCUT2D eigenvalue weighted by molar-refractivity contribution is -0.125. The largest absolute Gasteiger partial charge is 0.379 e. The van der Waals surface area contributed by atoms with Gasteiger partial charge in [-0.25, -0.2) is 0 Å². The summed E-state index contributed by atoms with van der Waals surface area (Å²) < 4.78 is 6.45. The average Bonchev–Trinajstić information content (AvgIpc) is 2.91. The zero-order valence-corrected chi connectivity index (χ0v) is 13.3. The zero-order chi connectivity index (χ0) is 14.4. The van der Waals surface area contributed by atoms with Crippen molar-refractivity contribution in [1.82, 2.24) is 10.6 Å². The van der Waals surface area contributed by atoms with Crippen molar-refractivity contribution in [1.29, 1.82) is 0 Å². The molecule has 1 heterocycles. The lowest BCUT2D eigenvalue weighted by Crippen LogP contribution is -2.44. The standard InChI is InChI=1S/C15H21BrN2O2/c1-2-6-17-14-10-20-9-13(14)15(19)18-8-11-4-3-5-12(16)7-11/h3-5,7,13-14,17H,2,6,8-10H2,1H3,(H,18,19). The summed E-state index contributed by atoms with van der Waals surface area (Å²) in [6.07, 6.45) is 1.06. The lowest BCUT2D eigenvalue weighted by Gasteiger charge is -2.18. The van der Waals surface area contributed by atoms with Gasteiger partial charge in [0.1, 0.15) is 0 Å². The highest BCUT2D eigenvalue weighted by atomic mass is 79.9. The third-order valence-corrected chi connectivity index (χ3v) is 3.92. The predicted molar refractivity (Wildman–Crippen MR) is 82.4 cm³/mol. The second-order valence-electron chi connectivity index (χ2n) is 5.05. The number of hydrogen-bond acceptors (Lipinski definition) is 3. The Morgan fingerprint density at radius 3 is 3.05 bits per heavy atom. The zero-order valence-electron chi connectivity index (χ0n) is 11.7. The van der Waals surface area contributed by atoms with Crippen molar-refractivity contribution < 1.29 is 9.53 Å². The summed E-state index contributed by atoms with van der Waals surface area (Å²) >= 11 is 3.43. The number of ether oxygens (including phenoxy) is 1. The highest BCUT2D eigenvalue weighted by Gasteiger charge is 2.33. The Morgan fingerprint density at radius 2 is 2.30 bits per heavy atom. The maximum absolute atomic E-state index is 12.2. The van der Waals surface area contributed by atoms with Gasteiger partial charge in [-0.15, -0.1) is 0 Å². The van der Waals surface area contributed by atoms with Crippen LogP contribution in [-0.4, -0.2) is 31.7 Å². The fraction of sp³-hybridized carbons (Fsp3) is 0.533. The van der Waals surface area contributed by atoms with Crippen LogP contribution < -0.4 is 10.6 Å². The molecule has 1 saturated heterocycles. The molecule has 0 radical (unpaired) electrons. The summed E-state index contributed by atoms with van der Waals surface area (Å²) in [5, 5.41) is 6.37. The highest BCUT2D eigenvalue weighted by molar-refractivity contribution is 9.10. The second-order valence-corrected chi connectivity index (χ2v) is 5.97. The van der Waals surface area contributed by atoms with E-state index in [2.05, 4.69) is 33.5 Å². The molecule has 2 atom stereocenters. The maximum atomic E-state index is 12.2. The van der Waals surface area contributed by atoms with Crippen LogP contribution in [0.4, 0.5) is 0 Å². The van der Waals surface area contributed by atoms with Gasteiger partial charge in [0, 0.05) is 17.1 Å². The van der Waals surface area contributed by atoms with Crippen molar-refractivity contribution in [3.05, 3.63) is 34.3 Å². The second kappa shape index (κ2) is 7.76. The molecule has 1 aliphatic rings. The Kier molecular flexibility index (Phi) is 6.01. The fourth-order valence-electron chi connectivity index (χ4n) is 2.31. The molecule has 0 bridgehead atoms. The Labute approximate surface area is 128 Å². The molecule has 1 amide bonds. The van der Waals surface area contributed by atoms with Gasteiger partial charge < -0.3 is 15.4 Å². The average molecular weight is 341 g/mol. The van der Waals surface area contributed by atoms with E-state index in [-0.39, 0.29) is 17.9 Å². The molecule has 4 nitrogen and oxygen atoms in total. The van der Waals surface area contributed by atoms with Gasteiger partial charge in [-0.05, 0) is 30.7 Å². The number of rotatable bonds is 6. The Balaban J connectivity index is 1.84. The monoisotopic (exact) mass is 340 g/mol. The first-order chi connectivity index (χ1) is 9.70. The summed E-state index contributed by atoms with van der Waals surface area (Å²) in [6, 6.07) is 8.09. The summed E-state index contributed by atoms with van der Waals surface area (Å²) in [5.41, 5.74) is 1.09. The van der Waals surface area contributed by atoms with Crippen molar-refractivity contribution in [3.63, 3.8) is 0 Å². The van der Waals surface area contributed by atoms with Crippen LogP contribution in [0.15, 0.2) is 28.7 Å². The number of carbonyl (C=O) groups excluding carboxylic acids is 1. The summed E-state index contributed by atoms with van der Waals surface area (Å²) in [6.45, 7) is 4.71. The van der Waals surface area contributed by atoms with Crippen LogP contribution in [0.2, 0.25) is 0 Å². The SMILES string of the molecule is CCCNC1COCC1C(=O)NCc1cccc(Br)c1. The minimum atomic E-state index is -0.0892. The number of halogens is 1. The molecular weight excluding hydrogens is 320 g/mol. The van der Waals surface area contributed by atoms with E-state index in [0.29, 0.717) is 19.8 Å². The van der Waals surface area contributed by atoms with E-state index in [1.807, 2.05) is 24.3 Å². The molecule has 1 fully saturated rings. The Hall–Kier alpha value is -0.910. The molecule has 2 unspecified atom stereocenters. The Morgan fingerprint density at radius 1 is 1.45 bits per heavy atom. The number of nitrogens with one attached hydrogen (secondary N) is 2. The first-order valence-corrected chi connectivity index (χ1v) is 7.83. The first kappa shape index (κ1) is 15.5. The molecule has 0 aliphatic carbocycles. The molecule has 0 aromatic heterocycles.